The van der Waals surface area contributed by atoms with Gasteiger partial charge < -0.3 is 14.4 Å². The molecule has 0 radical (unpaired) electrons. The summed E-state index contributed by atoms with van der Waals surface area (Å²) in [5.74, 6) is -1.36. The molecule has 0 unspecified atom stereocenters. The Morgan fingerprint density at radius 1 is 1.36 bits per heavy atom. The predicted octanol–water partition coefficient (Wildman–Crippen LogP) is 2.23. The SMILES string of the molecule is Cc1ccc(CN2C[C@]34C=C[C@@H](O3)[C@H](C(=O)OC(C)C)[C@@H]4C2=O)cc1. The molecule has 1 aromatic carbocycles. The highest BCUT2D eigenvalue weighted by Gasteiger charge is 2.67. The molecule has 5 nitrogen and oxygen atoms in total. The van der Waals surface area contributed by atoms with Crippen molar-refractivity contribution in [2.75, 3.05) is 6.54 Å². The van der Waals surface area contributed by atoms with E-state index in [-0.39, 0.29) is 24.1 Å². The first kappa shape index (κ1) is 16.3. The van der Waals surface area contributed by atoms with Gasteiger partial charge in [0.2, 0.25) is 5.91 Å². The highest BCUT2D eigenvalue weighted by molar-refractivity contribution is 5.91. The minimum absolute atomic E-state index is 0.0156. The molecular weight excluding hydrogens is 318 g/mol. The molecule has 0 aliphatic carbocycles. The van der Waals surface area contributed by atoms with E-state index in [9.17, 15) is 9.59 Å². The molecule has 2 bridgehead atoms. The smallest absolute Gasteiger partial charge is 0.313 e. The van der Waals surface area contributed by atoms with E-state index in [0.717, 1.165) is 5.56 Å². The van der Waals surface area contributed by atoms with Crippen LogP contribution in [0, 0.1) is 18.8 Å². The van der Waals surface area contributed by atoms with E-state index in [1.165, 1.54) is 5.56 Å². The average Bonchev–Trinajstić information content (AvgIpc) is 3.18. The number of carbonyl (C=O) groups excluding carboxylic acids is 2. The van der Waals surface area contributed by atoms with Crippen molar-refractivity contribution >= 4 is 11.9 Å². The Hall–Kier alpha value is -2.14. The van der Waals surface area contributed by atoms with Gasteiger partial charge in [0.1, 0.15) is 11.5 Å². The maximum absolute atomic E-state index is 13.0. The Kier molecular flexibility index (Phi) is 3.72. The Morgan fingerprint density at radius 2 is 2.08 bits per heavy atom. The lowest BCUT2D eigenvalue weighted by atomic mass is 9.77. The summed E-state index contributed by atoms with van der Waals surface area (Å²) in [5.41, 5.74) is 1.59. The Morgan fingerprint density at radius 3 is 2.76 bits per heavy atom. The molecule has 5 heteroatoms. The van der Waals surface area contributed by atoms with Crippen LogP contribution in [0.4, 0.5) is 0 Å². The first-order valence-electron chi connectivity index (χ1n) is 8.82. The first-order valence-corrected chi connectivity index (χ1v) is 8.82. The van der Waals surface area contributed by atoms with Crippen LogP contribution in [0.1, 0.15) is 25.0 Å². The number of carbonyl (C=O) groups is 2. The van der Waals surface area contributed by atoms with Gasteiger partial charge in [-0.15, -0.1) is 0 Å². The summed E-state index contributed by atoms with van der Waals surface area (Å²) in [7, 11) is 0. The molecule has 2 fully saturated rings. The molecule has 1 spiro atoms. The van der Waals surface area contributed by atoms with Crippen LogP contribution < -0.4 is 0 Å². The van der Waals surface area contributed by atoms with E-state index in [2.05, 4.69) is 0 Å². The molecule has 0 N–H and O–H groups in total. The van der Waals surface area contributed by atoms with Crippen LogP contribution in [0.5, 0.6) is 0 Å². The molecule has 3 aliphatic heterocycles. The number of ether oxygens (including phenoxy) is 2. The number of amides is 1. The molecule has 25 heavy (non-hydrogen) atoms. The molecule has 3 aliphatic rings. The van der Waals surface area contributed by atoms with Crippen molar-refractivity contribution in [1.29, 1.82) is 0 Å². The zero-order valence-electron chi connectivity index (χ0n) is 14.8. The van der Waals surface area contributed by atoms with Crippen LogP contribution in [0.2, 0.25) is 0 Å². The summed E-state index contributed by atoms with van der Waals surface area (Å²) in [6.45, 7) is 6.69. The molecule has 4 atom stereocenters. The number of likely N-dealkylation sites (tertiary alicyclic amines) is 1. The van der Waals surface area contributed by atoms with Crippen molar-refractivity contribution in [2.45, 2.75) is 45.1 Å². The summed E-state index contributed by atoms with van der Waals surface area (Å²) in [6.07, 6.45) is 3.33. The van der Waals surface area contributed by atoms with Crippen LogP contribution in [-0.4, -0.2) is 41.1 Å². The molecule has 3 heterocycles. The second kappa shape index (κ2) is 5.70. The second-order valence-electron chi connectivity index (χ2n) is 7.57. The lowest BCUT2D eigenvalue weighted by Gasteiger charge is -2.23. The Labute approximate surface area is 147 Å². The maximum atomic E-state index is 13.0. The molecule has 2 saturated heterocycles. The largest absolute Gasteiger partial charge is 0.463 e. The van der Waals surface area contributed by atoms with E-state index in [1.807, 2.05) is 57.2 Å². The average molecular weight is 341 g/mol. The van der Waals surface area contributed by atoms with Gasteiger partial charge in [0, 0.05) is 6.54 Å². The molecule has 1 amide bonds. The van der Waals surface area contributed by atoms with Gasteiger partial charge in [0.05, 0.1) is 24.7 Å². The Bertz CT molecular complexity index is 739. The molecular formula is C20H23NO4. The maximum Gasteiger partial charge on any atom is 0.313 e. The van der Waals surface area contributed by atoms with Gasteiger partial charge in [-0.25, -0.2) is 0 Å². The number of esters is 1. The van der Waals surface area contributed by atoms with E-state index >= 15 is 0 Å². The fourth-order valence-electron chi connectivity index (χ4n) is 4.21. The van der Waals surface area contributed by atoms with Crippen molar-refractivity contribution in [3.63, 3.8) is 0 Å². The van der Waals surface area contributed by atoms with E-state index in [0.29, 0.717) is 13.1 Å². The van der Waals surface area contributed by atoms with Gasteiger partial charge in [-0.3, -0.25) is 9.59 Å². The van der Waals surface area contributed by atoms with Crippen LogP contribution >= 0.6 is 0 Å². The lowest BCUT2D eigenvalue weighted by molar-refractivity contribution is -0.157. The van der Waals surface area contributed by atoms with Gasteiger partial charge in [-0.2, -0.15) is 0 Å². The van der Waals surface area contributed by atoms with Crippen LogP contribution in [0.3, 0.4) is 0 Å². The third-order valence-corrected chi connectivity index (χ3v) is 5.30. The van der Waals surface area contributed by atoms with Crippen molar-refractivity contribution in [1.82, 2.24) is 4.90 Å². The van der Waals surface area contributed by atoms with E-state index < -0.39 is 17.4 Å². The van der Waals surface area contributed by atoms with Gasteiger partial charge >= 0.3 is 5.97 Å². The summed E-state index contributed by atoms with van der Waals surface area (Å²) in [4.78, 5) is 27.4. The highest BCUT2D eigenvalue weighted by Crippen LogP contribution is 2.52. The van der Waals surface area contributed by atoms with Crippen LogP contribution in [0.15, 0.2) is 36.4 Å². The summed E-state index contributed by atoms with van der Waals surface area (Å²) in [5, 5.41) is 0. The number of hydrogen-bond donors (Lipinski definition) is 0. The van der Waals surface area contributed by atoms with E-state index in [1.54, 1.807) is 4.90 Å². The van der Waals surface area contributed by atoms with Crippen molar-refractivity contribution in [3.8, 4) is 0 Å². The zero-order valence-corrected chi connectivity index (χ0v) is 14.8. The first-order chi connectivity index (χ1) is 11.9. The van der Waals surface area contributed by atoms with Crippen molar-refractivity contribution in [2.24, 2.45) is 11.8 Å². The third-order valence-electron chi connectivity index (χ3n) is 5.30. The number of hydrogen-bond acceptors (Lipinski definition) is 4. The van der Waals surface area contributed by atoms with Gasteiger partial charge in [-0.1, -0.05) is 42.0 Å². The number of fused-ring (bicyclic) bond motifs is 1. The summed E-state index contributed by atoms with van der Waals surface area (Å²) >= 11 is 0. The van der Waals surface area contributed by atoms with Crippen molar-refractivity contribution < 1.29 is 19.1 Å². The fourth-order valence-corrected chi connectivity index (χ4v) is 4.21. The topological polar surface area (TPSA) is 55.8 Å². The highest BCUT2D eigenvalue weighted by atomic mass is 16.6. The minimum Gasteiger partial charge on any atom is -0.463 e. The van der Waals surface area contributed by atoms with Gasteiger partial charge in [0.15, 0.2) is 0 Å². The van der Waals surface area contributed by atoms with Gasteiger partial charge in [0.25, 0.3) is 0 Å². The molecule has 1 aromatic rings. The zero-order chi connectivity index (χ0) is 17.8. The van der Waals surface area contributed by atoms with Crippen LogP contribution in [0.25, 0.3) is 0 Å². The fraction of sp³-hybridized carbons (Fsp3) is 0.500. The van der Waals surface area contributed by atoms with Gasteiger partial charge in [-0.05, 0) is 26.3 Å². The summed E-state index contributed by atoms with van der Waals surface area (Å²) in [6, 6.07) is 8.15. The predicted molar refractivity (Wildman–Crippen MR) is 91.5 cm³/mol. The quantitative estimate of drug-likeness (QED) is 0.622. The number of benzene rings is 1. The standard InChI is InChI=1S/C20H23NO4/c1-12(2)24-19(23)16-15-8-9-20(25-15)11-21(18(22)17(16)20)10-14-6-4-13(3)5-7-14/h4-9,12,15-17H,10-11H2,1-3H3/t15-,16+,17-,20+/m1/s1. The number of aryl methyl sites for hydroxylation is 1. The molecule has 132 valence electrons. The molecule has 4 rings (SSSR count). The minimum atomic E-state index is -0.673. The number of nitrogens with zero attached hydrogens (tertiary/aromatic N) is 1. The normalized spacial score (nSPS) is 32.6. The molecule has 0 saturated carbocycles. The second-order valence-corrected chi connectivity index (χ2v) is 7.57. The summed E-state index contributed by atoms with van der Waals surface area (Å²) < 4.78 is 11.5. The lowest BCUT2D eigenvalue weighted by Crippen LogP contribution is -2.40. The number of rotatable bonds is 4. The Balaban J connectivity index is 1.57. The molecule has 0 aromatic heterocycles. The van der Waals surface area contributed by atoms with Crippen molar-refractivity contribution in [3.05, 3.63) is 47.5 Å². The van der Waals surface area contributed by atoms with Crippen LogP contribution in [-0.2, 0) is 25.6 Å². The third kappa shape index (κ3) is 2.58. The van der Waals surface area contributed by atoms with E-state index in [4.69, 9.17) is 9.47 Å². The monoisotopic (exact) mass is 341 g/mol.